The van der Waals surface area contributed by atoms with E-state index in [1.54, 1.807) is 0 Å². The number of unbranched alkanes of at least 4 members (excludes halogenated alkanes) is 6. The van der Waals surface area contributed by atoms with E-state index < -0.39 is 17.4 Å². The first-order valence-corrected chi connectivity index (χ1v) is 10.2. The van der Waals surface area contributed by atoms with Gasteiger partial charge < -0.3 is 10.2 Å². The van der Waals surface area contributed by atoms with Crippen molar-refractivity contribution in [2.75, 3.05) is 0 Å². The summed E-state index contributed by atoms with van der Waals surface area (Å²) in [7, 11) is 0. The van der Waals surface area contributed by atoms with E-state index in [0.29, 0.717) is 19.3 Å². The first-order valence-electron chi connectivity index (χ1n) is 10.2. The summed E-state index contributed by atoms with van der Waals surface area (Å²) in [6.07, 6.45) is 12.2. The number of carboxylic acid groups (broad SMARTS) is 2. The standard InChI is InChI=1S/C21H38O4/c1-16(2)11-9-7-5-4-6-8-10-12-18-15-17(19(22)23)13-14-21(18,3)20(24)25/h16-18H,4-15H2,1-3H3,(H,22,23)(H,24,25). The number of carboxylic acids is 2. The van der Waals surface area contributed by atoms with Crippen molar-refractivity contribution in [2.24, 2.45) is 23.2 Å². The van der Waals surface area contributed by atoms with Crippen LogP contribution in [0.1, 0.15) is 97.8 Å². The van der Waals surface area contributed by atoms with Gasteiger partial charge in [-0.2, -0.15) is 0 Å². The molecule has 0 aliphatic heterocycles. The third-order valence-electron chi connectivity index (χ3n) is 6.15. The highest BCUT2D eigenvalue weighted by Gasteiger charge is 2.46. The van der Waals surface area contributed by atoms with Crippen molar-refractivity contribution < 1.29 is 19.8 Å². The van der Waals surface area contributed by atoms with Gasteiger partial charge >= 0.3 is 11.9 Å². The first kappa shape index (κ1) is 22.0. The molecule has 0 heterocycles. The molecule has 1 rings (SSSR count). The topological polar surface area (TPSA) is 74.6 Å². The molecule has 1 fully saturated rings. The lowest BCUT2D eigenvalue weighted by Gasteiger charge is -2.40. The van der Waals surface area contributed by atoms with E-state index in [2.05, 4.69) is 13.8 Å². The lowest BCUT2D eigenvalue weighted by atomic mass is 9.63. The zero-order valence-corrected chi connectivity index (χ0v) is 16.4. The molecule has 0 saturated heterocycles. The van der Waals surface area contributed by atoms with Gasteiger partial charge in [0.2, 0.25) is 0 Å². The molecule has 1 aliphatic rings. The van der Waals surface area contributed by atoms with Crippen LogP contribution in [0.2, 0.25) is 0 Å². The van der Waals surface area contributed by atoms with Crippen LogP contribution in [0.15, 0.2) is 0 Å². The Balaban J connectivity index is 2.27. The minimum absolute atomic E-state index is 0.00843. The summed E-state index contributed by atoms with van der Waals surface area (Å²) in [4.78, 5) is 23.0. The first-order chi connectivity index (χ1) is 11.8. The number of rotatable bonds is 12. The maximum absolute atomic E-state index is 11.7. The van der Waals surface area contributed by atoms with Gasteiger partial charge in [0.05, 0.1) is 11.3 Å². The summed E-state index contributed by atoms with van der Waals surface area (Å²) in [5, 5.41) is 18.9. The quantitative estimate of drug-likeness (QED) is 0.438. The summed E-state index contributed by atoms with van der Waals surface area (Å²) in [6.45, 7) is 6.35. The fraction of sp³-hybridized carbons (Fsp3) is 0.905. The second-order valence-corrected chi connectivity index (χ2v) is 8.68. The molecule has 0 bridgehead atoms. The van der Waals surface area contributed by atoms with Crippen LogP contribution in [0, 0.1) is 23.2 Å². The van der Waals surface area contributed by atoms with E-state index >= 15 is 0 Å². The third-order valence-corrected chi connectivity index (χ3v) is 6.15. The van der Waals surface area contributed by atoms with Gasteiger partial charge in [-0.15, -0.1) is 0 Å². The summed E-state index contributed by atoms with van der Waals surface area (Å²) in [5.74, 6) is -1.09. The molecular weight excluding hydrogens is 316 g/mol. The third kappa shape index (κ3) is 7.37. The summed E-state index contributed by atoms with van der Waals surface area (Å²) >= 11 is 0. The van der Waals surface area contributed by atoms with Crippen molar-refractivity contribution >= 4 is 11.9 Å². The molecule has 3 atom stereocenters. The summed E-state index contributed by atoms with van der Waals surface area (Å²) in [5.41, 5.74) is -0.747. The lowest BCUT2D eigenvalue weighted by molar-refractivity contribution is -0.159. The Bertz CT molecular complexity index is 418. The molecule has 3 unspecified atom stereocenters. The van der Waals surface area contributed by atoms with Crippen LogP contribution in [0.25, 0.3) is 0 Å². The van der Waals surface area contributed by atoms with E-state index in [-0.39, 0.29) is 11.8 Å². The Morgan fingerprint density at radius 2 is 1.56 bits per heavy atom. The number of carbonyl (C=O) groups is 2. The van der Waals surface area contributed by atoms with E-state index in [0.717, 1.165) is 25.2 Å². The van der Waals surface area contributed by atoms with Crippen molar-refractivity contribution in [1.82, 2.24) is 0 Å². The number of hydrogen-bond donors (Lipinski definition) is 2. The highest BCUT2D eigenvalue weighted by Crippen LogP contribution is 2.46. The maximum Gasteiger partial charge on any atom is 0.309 e. The van der Waals surface area contributed by atoms with Crippen molar-refractivity contribution in [2.45, 2.75) is 97.8 Å². The van der Waals surface area contributed by atoms with Crippen LogP contribution < -0.4 is 0 Å². The second kappa shape index (κ2) is 10.8. The molecule has 0 radical (unpaired) electrons. The molecule has 25 heavy (non-hydrogen) atoms. The van der Waals surface area contributed by atoms with Gasteiger partial charge in [0.1, 0.15) is 0 Å². The van der Waals surface area contributed by atoms with Crippen LogP contribution in [0.4, 0.5) is 0 Å². The van der Waals surface area contributed by atoms with Crippen LogP contribution in [-0.4, -0.2) is 22.2 Å². The van der Waals surface area contributed by atoms with Gasteiger partial charge in [-0.3, -0.25) is 9.59 Å². The normalized spacial score (nSPS) is 26.7. The lowest BCUT2D eigenvalue weighted by Crippen LogP contribution is -2.42. The molecule has 0 aromatic heterocycles. The van der Waals surface area contributed by atoms with Gasteiger partial charge in [-0.1, -0.05) is 65.2 Å². The maximum atomic E-state index is 11.7. The van der Waals surface area contributed by atoms with Gasteiger partial charge in [-0.05, 0) is 44.4 Å². The van der Waals surface area contributed by atoms with Crippen molar-refractivity contribution in [3.05, 3.63) is 0 Å². The Morgan fingerprint density at radius 3 is 2.08 bits per heavy atom. The monoisotopic (exact) mass is 354 g/mol. The molecule has 4 nitrogen and oxygen atoms in total. The largest absolute Gasteiger partial charge is 0.481 e. The smallest absolute Gasteiger partial charge is 0.309 e. The Labute approximate surface area is 153 Å². The number of hydrogen-bond acceptors (Lipinski definition) is 2. The summed E-state index contributed by atoms with van der Waals surface area (Å²) in [6, 6.07) is 0. The van der Waals surface area contributed by atoms with Crippen LogP contribution in [0.5, 0.6) is 0 Å². The molecule has 0 spiro atoms. The average molecular weight is 355 g/mol. The Morgan fingerprint density at radius 1 is 1.00 bits per heavy atom. The molecule has 1 saturated carbocycles. The minimum Gasteiger partial charge on any atom is -0.481 e. The molecule has 0 amide bonds. The SMILES string of the molecule is CC(C)CCCCCCCCCC1CC(C(=O)O)CCC1(C)C(=O)O. The van der Waals surface area contributed by atoms with Crippen molar-refractivity contribution in [3.8, 4) is 0 Å². The fourth-order valence-corrected chi connectivity index (χ4v) is 4.17. The van der Waals surface area contributed by atoms with Gasteiger partial charge in [-0.25, -0.2) is 0 Å². The Hall–Kier alpha value is -1.06. The molecule has 146 valence electrons. The van der Waals surface area contributed by atoms with Crippen molar-refractivity contribution in [1.29, 1.82) is 0 Å². The average Bonchev–Trinajstić information content (AvgIpc) is 2.54. The van der Waals surface area contributed by atoms with Gasteiger partial charge in [0.25, 0.3) is 0 Å². The predicted octanol–water partition coefficient (Wildman–Crippen LogP) is 5.75. The van der Waals surface area contributed by atoms with Gasteiger partial charge in [0.15, 0.2) is 0 Å². The van der Waals surface area contributed by atoms with Crippen LogP contribution in [0.3, 0.4) is 0 Å². The summed E-state index contributed by atoms with van der Waals surface area (Å²) < 4.78 is 0. The minimum atomic E-state index is -0.765. The second-order valence-electron chi connectivity index (χ2n) is 8.68. The molecule has 2 N–H and O–H groups in total. The fourth-order valence-electron chi connectivity index (χ4n) is 4.17. The van der Waals surface area contributed by atoms with Crippen molar-refractivity contribution in [3.63, 3.8) is 0 Å². The van der Waals surface area contributed by atoms with Gasteiger partial charge in [0, 0.05) is 0 Å². The zero-order chi connectivity index (χ0) is 18.9. The molecule has 0 aromatic rings. The van der Waals surface area contributed by atoms with E-state index in [1.807, 2.05) is 6.92 Å². The van der Waals surface area contributed by atoms with Crippen LogP contribution in [-0.2, 0) is 9.59 Å². The van der Waals surface area contributed by atoms with E-state index in [1.165, 1.54) is 38.5 Å². The highest BCUT2D eigenvalue weighted by atomic mass is 16.4. The molecule has 1 aliphatic carbocycles. The predicted molar refractivity (Wildman–Crippen MR) is 101 cm³/mol. The molecular formula is C21H38O4. The van der Waals surface area contributed by atoms with E-state index in [4.69, 9.17) is 0 Å². The van der Waals surface area contributed by atoms with Crippen LogP contribution >= 0.6 is 0 Å². The molecule has 0 aromatic carbocycles. The van der Waals surface area contributed by atoms with E-state index in [9.17, 15) is 19.8 Å². The highest BCUT2D eigenvalue weighted by molar-refractivity contribution is 5.76. The zero-order valence-electron chi connectivity index (χ0n) is 16.4. The Kier molecular flexibility index (Phi) is 9.52. The molecule has 4 heteroatoms. The number of aliphatic carboxylic acids is 2.